The molecule has 1 N–H and O–H groups in total. The van der Waals surface area contributed by atoms with Crippen molar-refractivity contribution in [2.45, 2.75) is 20.3 Å². The molecule has 1 atom stereocenters. The van der Waals surface area contributed by atoms with Crippen LogP contribution in [0, 0.1) is 12.8 Å². The summed E-state index contributed by atoms with van der Waals surface area (Å²) in [5, 5.41) is 13.1. The van der Waals surface area contributed by atoms with E-state index >= 15 is 0 Å². The van der Waals surface area contributed by atoms with Gasteiger partial charge in [-0.25, -0.2) is 9.50 Å². The molecule has 16 heavy (non-hydrogen) atoms. The average Bonchev–Trinajstić information content (AvgIpc) is 2.61. The molecule has 0 saturated carbocycles. The fourth-order valence-electron chi connectivity index (χ4n) is 1.59. The molecule has 0 aliphatic heterocycles. The Morgan fingerprint density at radius 2 is 2.31 bits per heavy atom. The molecule has 2 rings (SSSR count). The van der Waals surface area contributed by atoms with Gasteiger partial charge in [0.2, 0.25) is 0 Å². The number of fused-ring (bicyclic) bond motifs is 1. The molecule has 0 aliphatic carbocycles. The molecule has 5 heteroatoms. The molecule has 1 unspecified atom stereocenters. The zero-order valence-electron chi connectivity index (χ0n) is 9.21. The van der Waals surface area contributed by atoms with Crippen LogP contribution >= 0.6 is 0 Å². The number of aliphatic carboxylic acids is 1. The predicted octanol–water partition coefficient (Wildman–Crippen LogP) is 1.30. The van der Waals surface area contributed by atoms with Crippen LogP contribution in [0.3, 0.4) is 0 Å². The first kappa shape index (κ1) is 10.6. The highest BCUT2D eigenvalue weighted by molar-refractivity contribution is 5.69. The summed E-state index contributed by atoms with van der Waals surface area (Å²) in [5.74, 6) is -0.526. The van der Waals surface area contributed by atoms with E-state index in [0.29, 0.717) is 12.2 Å². The molecular weight excluding hydrogens is 206 g/mol. The monoisotopic (exact) mass is 219 g/mol. The van der Waals surface area contributed by atoms with Crippen molar-refractivity contribution in [3.63, 3.8) is 0 Å². The number of aromatic nitrogens is 3. The van der Waals surface area contributed by atoms with Crippen LogP contribution in [0.4, 0.5) is 0 Å². The zero-order valence-corrected chi connectivity index (χ0v) is 9.21. The van der Waals surface area contributed by atoms with Crippen molar-refractivity contribution < 1.29 is 9.90 Å². The maximum Gasteiger partial charge on any atom is 0.306 e. The lowest BCUT2D eigenvalue weighted by molar-refractivity contribution is -0.141. The Morgan fingerprint density at radius 3 is 3.00 bits per heavy atom. The van der Waals surface area contributed by atoms with Crippen molar-refractivity contribution in [3.8, 4) is 0 Å². The average molecular weight is 219 g/mol. The van der Waals surface area contributed by atoms with E-state index < -0.39 is 11.9 Å². The smallest absolute Gasteiger partial charge is 0.306 e. The van der Waals surface area contributed by atoms with Crippen LogP contribution in [0.15, 0.2) is 18.3 Å². The minimum atomic E-state index is -0.791. The quantitative estimate of drug-likeness (QED) is 0.844. The predicted molar refractivity (Wildman–Crippen MR) is 58.2 cm³/mol. The third-order valence-electron chi connectivity index (χ3n) is 2.53. The van der Waals surface area contributed by atoms with E-state index in [9.17, 15) is 4.79 Å². The molecule has 0 aliphatic rings. The second-order valence-corrected chi connectivity index (χ2v) is 3.91. The number of aryl methyl sites for hydroxylation is 1. The Bertz CT molecular complexity index is 533. The highest BCUT2D eigenvalue weighted by Crippen LogP contribution is 2.12. The maximum absolute atomic E-state index is 10.8. The summed E-state index contributed by atoms with van der Waals surface area (Å²) in [6.45, 7) is 3.50. The molecule has 2 aromatic rings. The van der Waals surface area contributed by atoms with Crippen molar-refractivity contribution in [2.24, 2.45) is 5.92 Å². The molecule has 0 amide bonds. The van der Waals surface area contributed by atoms with E-state index in [1.807, 2.05) is 19.1 Å². The zero-order chi connectivity index (χ0) is 11.7. The van der Waals surface area contributed by atoms with E-state index in [4.69, 9.17) is 5.11 Å². The van der Waals surface area contributed by atoms with Crippen LogP contribution in [0.1, 0.15) is 18.4 Å². The highest BCUT2D eigenvalue weighted by Gasteiger charge is 2.14. The van der Waals surface area contributed by atoms with Crippen molar-refractivity contribution >= 4 is 11.5 Å². The highest BCUT2D eigenvalue weighted by atomic mass is 16.4. The number of carboxylic acid groups (broad SMARTS) is 1. The molecule has 5 nitrogen and oxygen atoms in total. The molecule has 84 valence electrons. The van der Waals surface area contributed by atoms with Crippen LogP contribution in [0.5, 0.6) is 0 Å². The van der Waals surface area contributed by atoms with Crippen LogP contribution in [-0.4, -0.2) is 25.7 Å². The van der Waals surface area contributed by atoms with Gasteiger partial charge in [0, 0.05) is 12.1 Å². The topological polar surface area (TPSA) is 67.5 Å². The Hall–Kier alpha value is -1.91. The normalized spacial score (nSPS) is 12.9. The van der Waals surface area contributed by atoms with Gasteiger partial charge in [-0.3, -0.25) is 4.79 Å². The van der Waals surface area contributed by atoms with Gasteiger partial charge in [0.1, 0.15) is 5.82 Å². The van der Waals surface area contributed by atoms with Gasteiger partial charge in [0.25, 0.3) is 0 Å². The maximum atomic E-state index is 10.8. The first-order valence-electron chi connectivity index (χ1n) is 5.11. The molecule has 0 saturated heterocycles. The minimum absolute atomic E-state index is 0.409. The summed E-state index contributed by atoms with van der Waals surface area (Å²) < 4.78 is 1.75. The Labute approximate surface area is 92.7 Å². The Morgan fingerprint density at radius 1 is 1.56 bits per heavy atom. The SMILES string of the molecule is Cc1ncc2ccc(CC(C)C(=O)O)n2n1. The summed E-state index contributed by atoms with van der Waals surface area (Å²) in [6.07, 6.45) is 2.21. The molecule has 0 aromatic carbocycles. The van der Waals surface area contributed by atoms with Crippen LogP contribution < -0.4 is 0 Å². The second kappa shape index (κ2) is 3.92. The lowest BCUT2D eigenvalue weighted by atomic mass is 10.1. The van der Waals surface area contributed by atoms with Crippen molar-refractivity contribution in [2.75, 3.05) is 0 Å². The fourth-order valence-corrected chi connectivity index (χ4v) is 1.59. The van der Waals surface area contributed by atoms with Crippen molar-refractivity contribution in [1.29, 1.82) is 0 Å². The van der Waals surface area contributed by atoms with E-state index in [1.165, 1.54) is 0 Å². The van der Waals surface area contributed by atoms with Gasteiger partial charge in [-0.1, -0.05) is 6.92 Å². The van der Waals surface area contributed by atoms with Gasteiger partial charge in [-0.15, -0.1) is 0 Å². The molecule has 2 heterocycles. The van der Waals surface area contributed by atoms with Crippen molar-refractivity contribution in [3.05, 3.63) is 29.8 Å². The molecule has 0 fully saturated rings. The fraction of sp³-hybridized carbons (Fsp3) is 0.364. The Kier molecular flexibility index (Phi) is 2.60. The van der Waals surface area contributed by atoms with Gasteiger partial charge in [-0.2, -0.15) is 5.10 Å². The standard InChI is InChI=1S/C11H13N3O2/c1-7(11(15)16)5-9-3-4-10-6-12-8(2)13-14(9)10/h3-4,6-7H,5H2,1-2H3,(H,15,16). The van der Waals surface area contributed by atoms with Gasteiger partial charge in [-0.05, 0) is 19.1 Å². The van der Waals surface area contributed by atoms with Crippen LogP contribution in [-0.2, 0) is 11.2 Å². The summed E-state index contributed by atoms with van der Waals surface area (Å²) in [6, 6.07) is 3.78. The first-order valence-corrected chi connectivity index (χ1v) is 5.11. The summed E-state index contributed by atoms with van der Waals surface area (Å²) in [4.78, 5) is 14.9. The third kappa shape index (κ3) is 1.88. The van der Waals surface area contributed by atoms with Gasteiger partial charge >= 0.3 is 5.97 Å². The molecule has 2 aromatic heterocycles. The number of hydrogen-bond donors (Lipinski definition) is 1. The van der Waals surface area contributed by atoms with Crippen molar-refractivity contribution in [1.82, 2.24) is 14.6 Å². The molecule has 0 radical (unpaired) electrons. The number of nitrogens with zero attached hydrogens (tertiary/aromatic N) is 3. The molecule has 0 spiro atoms. The molecule has 0 bridgehead atoms. The minimum Gasteiger partial charge on any atom is -0.481 e. The number of carbonyl (C=O) groups is 1. The van der Waals surface area contributed by atoms with E-state index in [1.54, 1.807) is 17.6 Å². The summed E-state index contributed by atoms with van der Waals surface area (Å²) in [5.41, 5.74) is 1.79. The number of rotatable bonds is 3. The molecular formula is C11H13N3O2. The number of carboxylic acids is 1. The Balaban J connectivity index is 2.37. The van der Waals surface area contributed by atoms with Gasteiger partial charge in [0.15, 0.2) is 0 Å². The van der Waals surface area contributed by atoms with E-state index in [-0.39, 0.29) is 0 Å². The van der Waals surface area contributed by atoms with Crippen LogP contribution in [0.25, 0.3) is 5.52 Å². The van der Waals surface area contributed by atoms with Gasteiger partial charge < -0.3 is 5.11 Å². The lowest BCUT2D eigenvalue weighted by Gasteiger charge is -2.06. The largest absolute Gasteiger partial charge is 0.481 e. The first-order chi connectivity index (χ1) is 7.58. The van der Waals surface area contributed by atoms with E-state index in [0.717, 1.165) is 11.2 Å². The second-order valence-electron chi connectivity index (χ2n) is 3.91. The third-order valence-corrected chi connectivity index (χ3v) is 2.53. The number of hydrogen-bond acceptors (Lipinski definition) is 3. The van der Waals surface area contributed by atoms with Crippen LogP contribution in [0.2, 0.25) is 0 Å². The summed E-state index contributed by atoms with van der Waals surface area (Å²) in [7, 11) is 0. The summed E-state index contributed by atoms with van der Waals surface area (Å²) >= 11 is 0. The lowest BCUT2D eigenvalue weighted by Crippen LogP contribution is -2.14. The van der Waals surface area contributed by atoms with E-state index in [2.05, 4.69) is 10.1 Å². The van der Waals surface area contributed by atoms with Gasteiger partial charge in [0.05, 0.1) is 17.6 Å².